The average molecular weight is 444 g/mol. The third kappa shape index (κ3) is 40.6. The van der Waals surface area contributed by atoms with Crippen LogP contribution >= 0.6 is 0 Å². The van der Waals surface area contributed by atoms with Gasteiger partial charge in [-0.1, -0.05) is 0 Å². The molecule has 0 saturated heterocycles. The van der Waals surface area contributed by atoms with Gasteiger partial charge in [0.1, 0.15) is 0 Å². The van der Waals surface area contributed by atoms with Gasteiger partial charge in [-0.25, -0.2) is 0 Å². The molecule has 7 heavy (non-hydrogen) atoms. The molecular formula is H5NS3SiSm2. The summed E-state index contributed by atoms with van der Waals surface area (Å²) in [5.74, 6) is 0. The van der Waals surface area contributed by atoms with Crippen LogP contribution in [0.4, 0.5) is 0 Å². The summed E-state index contributed by atoms with van der Waals surface area (Å²) in [5, 5.41) is 4.64. The number of hydrogen-bond donors (Lipinski definition) is 1. The Kier molecular flexibility index (Phi) is 327. The van der Waals surface area contributed by atoms with Crippen molar-refractivity contribution >= 4 is 50.9 Å². The maximum absolute atomic E-state index is 4.64. The van der Waals surface area contributed by atoms with Crippen LogP contribution in [-0.4, -0.2) is 10.4 Å². The summed E-state index contributed by atoms with van der Waals surface area (Å²) in [5.41, 5.74) is 0. The second-order valence-electron chi connectivity index (χ2n) is 0. The van der Waals surface area contributed by atoms with Gasteiger partial charge in [-0.2, -0.15) is 0 Å². The van der Waals surface area contributed by atoms with E-state index in [-0.39, 0.29) is 121 Å². The Balaban J connectivity index is -0.000000000500. The normalized spacial score (nSPS) is 1.29. The van der Waals surface area contributed by atoms with E-state index in [4.69, 9.17) is 0 Å². The topological polar surface area (TPSA) is 26.0 Å². The molecule has 44 valence electrons. The largest absolute Gasteiger partial charge is 3.00 e. The van der Waals surface area contributed by atoms with Gasteiger partial charge in [0.25, 0.3) is 0 Å². The summed E-state index contributed by atoms with van der Waals surface area (Å²) in [6, 6.07) is 0. The van der Waals surface area contributed by atoms with E-state index in [1.54, 1.807) is 0 Å². The Morgan fingerprint density at radius 1 is 0.714 bits per heavy atom. The van der Waals surface area contributed by atoms with Gasteiger partial charge in [-0.15, -0.1) is 0 Å². The standard InChI is InChI=1S/H5NSi.3S.2Sm/c1-2;;;;;/h1H2,2H3;;;;;/q;3*-2;2*+3. The molecule has 0 fully saturated rings. The summed E-state index contributed by atoms with van der Waals surface area (Å²) in [4.78, 5) is 0. The molecule has 0 unspecified atom stereocenters. The molecule has 2 radical (unpaired) electrons. The first-order valence-electron chi connectivity index (χ1n) is 0.577. The van der Waals surface area contributed by atoms with Gasteiger partial charge in [-0.3, -0.25) is 0 Å². The third-order valence-corrected chi connectivity index (χ3v) is 0. The monoisotopic (exact) mass is 447 g/mol. The Labute approximate surface area is 134 Å². The minimum Gasteiger partial charge on any atom is -2.00 e. The Hall–Kier alpha value is 3.90. The van der Waals surface area contributed by atoms with Gasteiger partial charge in [0.15, 0.2) is 0 Å². The van der Waals surface area contributed by atoms with E-state index in [0.717, 1.165) is 10.4 Å². The molecular weight excluding hydrogens is 439 g/mol. The maximum atomic E-state index is 4.64. The van der Waals surface area contributed by atoms with Crippen LogP contribution in [0.2, 0.25) is 0 Å². The quantitative estimate of drug-likeness (QED) is 0.440. The minimum absolute atomic E-state index is 0. The second-order valence-corrected chi connectivity index (χ2v) is 0. The molecule has 0 aliphatic rings. The van der Waals surface area contributed by atoms with Gasteiger partial charge < -0.3 is 45.9 Å². The van der Waals surface area contributed by atoms with E-state index < -0.39 is 0 Å². The molecule has 0 aliphatic carbocycles. The summed E-state index contributed by atoms with van der Waals surface area (Å²) in [7, 11) is 0.806. The zero-order valence-corrected chi connectivity index (χ0v) is 13.3. The Bertz CT molecular complexity index is 12.9. The predicted molar refractivity (Wildman–Crippen MR) is 36.2 cm³/mol. The van der Waals surface area contributed by atoms with Crippen molar-refractivity contribution in [2.24, 2.45) is 5.40 Å². The fourth-order valence-electron chi connectivity index (χ4n) is 0. The molecule has 0 aromatic carbocycles. The third-order valence-electron chi connectivity index (χ3n) is 0. The molecule has 0 amide bonds. The van der Waals surface area contributed by atoms with Crippen molar-refractivity contribution in [3.63, 3.8) is 0 Å². The molecule has 0 aliphatic heterocycles. The van der Waals surface area contributed by atoms with Crippen molar-refractivity contribution in [3.05, 3.63) is 0 Å². The van der Waals surface area contributed by atoms with Gasteiger partial charge in [0.2, 0.25) is 0 Å². The van der Waals surface area contributed by atoms with E-state index in [9.17, 15) is 0 Å². The SMILES string of the molecule is N[SiH3].[S-2].[S-2].[S-2].[Sm+3].[Sm+3]. The molecule has 2 N–H and O–H groups in total. The number of nitrogens with two attached hydrogens (primary N) is 1. The van der Waals surface area contributed by atoms with Crippen molar-refractivity contribution < 1.29 is 80.8 Å². The number of rotatable bonds is 0. The molecule has 0 atom stereocenters. The first kappa shape index (κ1) is 44.5. The first-order chi connectivity index (χ1) is 1.00. The van der Waals surface area contributed by atoms with Crippen LogP contribution < -0.4 is 5.40 Å². The number of hydrogen-bond acceptors (Lipinski definition) is 1. The van der Waals surface area contributed by atoms with E-state index >= 15 is 0 Å². The summed E-state index contributed by atoms with van der Waals surface area (Å²) >= 11 is 0. The fourth-order valence-corrected chi connectivity index (χ4v) is 0. The molecule has 0 rings (SSSR count). The van der Waals surface area contributed by atoms with Gasteiger partial charge in [-0.05, 0) is 0 Å². The molecule has 0 heterocycles. The molecule has 0 saturated carbocycles. The minimum atomic E-state index is 0. The smallest absolute Gasteiger partial charge is 2.00 e. The van der Waals surface area contributed by atoms with Crippen LogP contribution in [0.15, 0.2) is 0 Å². The molecule has 0 aromatic rings. The van der Waals surface area contributed by atoms with Gasteiger partial charge >= 0.3 is 80.8 Å². The molecule has 0 aromatic heterocycles. The van der Waals surface area contributed by atoms with E-state index in [1.807, 2.05) is 0 Å². The summed E-state index contributed by atoms with van der Waals surface area (Å²) in [6.45, 7) is 0. The van der Waals surface area contributed by atoms with Crippen LogP contribution in [0.3, 0.4) is 0 Å². The van der Waals surface area contributed by atoms with Crippen molar-refractivity contribution in [2.45, 2.75) is 0 Å². The van der Waals surface area contributed by atoms with Gasteiger partial charge in [0.05, 0.1) is 10.4 Å². The summed E-state index contributed by atoms with van der Waals surface area (Å²) in [6.07, 6.45) is 0. The van der Waals surface area contributed by atoms with Crippen molar-refractivity contribution in [1.29, 1.82) is 0 Å². The Morgan fingerprint density at radius 3 is 0.714 bits per heavy atom. The maximum Gasteiger partial charge on any atom is 3.00 e. The van der Waals surface area contributed by atoms with Crippen molar-refractivity contribution in [1.82, 2.24) is 0 Å². The zero-order chi connectivity index (χ0) is 2.00. The van der Waals surface area contributed by atoms with Crippen molar-refractivity contribution in [3.8, 4) is 0 Å². The van der Waals surface area contributed by atoms with Crippen molar-refractivity contribution in [2.75, 3.05) is 0 Å². The molecule has 0 spiro atoms. The predicted octanol–water partition coefficient (Wildman–Crippen LogP) is -1.78. The van der Waals surface area contributed by atoms with E-state index in [2.05, 4.69) is 5.40 Å². The van der Waals surface area contributed by atoms with Crippen LogP contribution in [-0.2, 0) is 40.5 Å². The zero-order valence-electron chi connectivity index (χ0n) is 3.62. The van der Waals surface area contributed by atoms with Crippen LogP contribution in [0.25, 0.3) is 0 Å². The second kappa shape index (κ2) is 51.5. The van der Waals surface area contributed by atoms with E-state index in [1.165, 1.54) is 0 Å². The summed E-state index contributed by atoms with van der Waals surface area (Å²) < 4.78 is 0. The fraction of sp³-hybridized carbons (Fsp3) is 0. The Morgan fingerprint density at radius 2 is 0.714 bits per heavy atom. The van der Waals surface area contributed by atoms with Crippen LogP contribution in [0, 0.1) is 80.8 Å². The van der Waals surface area contributed by atoms with Crippen LogP contribution in [0.1, 0.15) is 0 Å². The average Bonchev–Trinajstić information content (AvgIpc) is 1.00. The molecule has 7 heteroatoms. The van der Waals surface area contributed by atoms with Gasteiger partial charge in [0, 0.05) is 0 Å². The molecule has 1 nitrogen and oxygen atoms in total. The first-order valence-corrected chi connectivity index (χ1v) is 1.73. The van der Waals surface area contributed by atoms with E-state index in [0.29, 0.717) is 0 Å². The van der Waals surface area contributed by atoms with Crippen LogP contribution in [0.5, 0.6) is 0 Å². The molecule has 0 bridgehead atoms.